The number of halogens is 2. The molecule has 206 valence electrons. The number of hydrogen-bond donors (Lipinski definition) is 0. The summed E-state index contributed by atoms with van der Waals surface area (Å²) in [6.07, 6.45) is 1.64. The summed E-state index contributed by atoms with van der Waals surface area (Å²) in [5, 5.41) is 0.787. The number of esters is 1. The molecule has 5 rings (SSSR count). The van der Waals surface area contributed by atoms with E-state index in [-0.39, 0.29) is 17.7 Å². The molecule has 11 heteroatoms. The first-order valence-corrected chi connectivity index (χ1v) is 13.8. The summed E-state index contributed by atoms with van der Waals surface area (Å²) >= 11 is 13.7. The predicted molar refractivity (Wildman–Crippen MR) is 154 cm³/mol. The topological polar surface area (TPSA) is 92.3 Å². The van der Waals surface area contributed by atoms with E-state index in [0.717, 1.165) is 0 Å². The Hall–Kier alpha value is -3.79. The Morgan fingerprint density at radius 1 is 1.12 bits per heavy atom. The van der Waals surface area contributed by atoms with Crippen LogP contribution in [0.25, 0.3) is 17.4 Å². The van der Waals surface area contributed by atoms with E-state index < -0.39 is 12.0 Å². The van der Waals surface area contributed by atoms with E-state index in [1.165, 1.54) is 30.1 Å². The molecule has 0 N–H and O–H groups in total. The molecule has 0 saturated carbocycles. The highest BCUT2D eigenvalue weighted by Crippen LogP contribution is 2.36. The third-order valence-electron chi connectivity index (χ3n) is 6.36. The summed E-state index contributed by atoms with van der Waals surface area (Å²) in [6, 6.07) is 13.2. The zero-order chi connectivity index (χ0) is 28.6. The van der Waals surface area contributed by atoms with Crippen molar-refractivity contribution in [1.82, 2.24) is 4.57 Å². The van der Waals surface area contributed by atoms with Crippen molar-refractivity contribution >= 4 is 46.6 Å². The fraction of sp³-hybridized carbons (Fsp3) is 0.207. The number of ether oxygens (including phenoxy) is 3. The Morgan fingerprint density at radius 2 is 1.90 bits per heavy atom. The van der Waals surface area contributed by atoms with Crippen molar-refractivity contribution in [2.75, 3.05) is 20.8 Å². The number of hydrogen-bond acceptors (Lipinski definition) is 8. The monoisotopic (exact) mass is 598 g/mol. The fourth-order valence-corrected chi connectivity index (χ4v) is 5.95. The number of benzene rings is 2. The number of nitrogens with zero attached hydrogens (tertiary/aromatic N) is 2. The van der Waals surface area contributed by atoms with Gasteiger partial charge in [-0.3, -0.25) is 9.36 Å². The first-order valence-electron chi connectivity index (χ1n) is 12.2. The fourth-order valence-electron chi connectivity index (χ4n) is 4.53. The number of thiazole rings is 1. The molecule has 0 saturated heterocycles. The molecule has 0 fully saturated rings. The van der Waals surface area contributed by atoms with Gasteiger partial charge in [-0.2, -0.15) is 0 Å². The van der Waals surface area contributed by atoms with Gasteiger partial charge in [-0.1, -0.05) is 46.7 Å². The van der Waals surface area contributed by atoms with Gasteiger partial charge in [-0.25, -0.2) is 9.79 Å². The molecule has 0 aliphatic carbocycles. The van der Waals surface area contributed by atoms with Crippen LogP contribution in [-0.4, -0.2) is 31.4 Å². The van der Waals surface area contributed by atoms with Crippen LogP contribution < -0.4 is 24.4 Å². The molecule has 1 atom stereocenters. The molecule has 0 unspecified atom stereocenters. The number of allylic oxidation sites excluding steroid dienone is 1. The van der Waals surface area contributed by atoms with E-state index in [1.54, 1.807) is 68.5 Å². The molecule has 4 aromatic rings. The zero-order valence-corrected chi connectivity index (χ0v) is 24.3. The van der Waals surface area contributed by atoms with Gasteiger partial charge in [0.25, 0.3) is 5.56 Å². The number of furan rings is 1. The van der Waals surface area contributed by atoms with Crippen LogP contribution in [0.5, 0.6) is 11.5 Å². The van der Waals surface area contributed by atoms with Crippen LogP contribution in [0.4, 0.5) is 0 Å². The highest BCUT2D eigenvalue weighted by Gasteiger charge is 2.34. The van der Waals surface area contributed by atoms with Crippen molar-refractivity contribution in [2.24, 2.45) is 4.99 Å². The maximum atomic E-state index is 13.9. The maximum Gasteiger partial charge on any atom is 0.338 e. The minimum absolute atomic E-state index is 0.177. The second-order valence-electron chi connectivity index (χ2n) is 8.72. The lowest BCUT2D eigenvalue weighted by atomic mass is 9.95. The highest BCUT2D eigenvalue weighted by atomic mass is 35.5. The van der Waals surface area contributed by atoms with Crippen molar-refractivity contribution in [3.63, 3.8) is 0 Å². The van der Waals surface area contributed by atoms with E-state index >= 15 is 0 Å². The average molecular weight is 599 g/mol. The van der Waals surface area contributed by atoms with Gasteiger partial charge in [-0.05, 0) is 55.8 Å². The van der Waals surface area contributed by atoms with Crippen molar-refractivity contribution in [1.29, 1.82) is 0 Å². The molecule has 0 radical (unpaired) electrons. The second-order valence-corrected chi connectivity index (χ2v) is 10.5. The Kier molecular flexibility index (Phi) is 7.89. The van der Waals surface area contributed by atoms with Gasteiger partial charge in [0.05, 0.1) is 52.7 Å². The first-order chi connectivity index (χ1) is 19.3. The van der Waals surface area contributed by atoms with Crippen LogP contribution in [0.2, 0.25) is 10.0 Å². The lowest BCUT2D eigenvalue weighted by molar-refractivity contribution is -0.139. The molecule has 40 heavy (non-hydrogen) atoms. The first kappa shape index (κ1) is 27.8. The smallest absolute Gasteiger partial charge is 0.338 e. The van der Waals surface area contributed by atoms with Crippen molar-refractivity contribution < 1.29 is 23.4 Å². The second kappa shape index (κ2) is 11.4. The van der Waals surface area contributed by atoms with Crippen LogP contribution >= 0.6 is 34.5 Å². The summed E-state index contributed by atoms with van der Waals surface area (Å²) in [5.41, 5.74) is 1.67. The quantitative estimate of drug-likeness (QED) is 0.265. The average Bonchev–Trinajstić information content (AvgIpc) is 3.53. The van der Waals surface area contributed by atoms with E-state index in [9.17, 15) is 9.59 Å². The molecular weight excluding hydrogens is 575 g/mol. The van der Waals surface area contributed by atoms with Crippen LogP contribution in [0.3, 0.4) is 0 Å². The maximum absolute atomic E-state index is 13.9. The molecule has 3 heterocycles. The number of carbonyl (C=O) groups is 1. The Bertz CT molecular complexity index is 1840. The lowest BCUT2D eigenvalue weighted by Gasteiger charge is -2.25. The number of carbonyl (C=O) groups excluding carboxylic acids is 1. The molecule has 0 amide bonds. The van der Waals surface area contributed by atoms with E-state index in [1.807, 2.05) is 0 Å². The largest absolute Gasteiger partial charge is 0.493 e. The summed E-state index contributed by atoms with van der Waals surface area (Å²) in [4.78, 5) is 32.0. The standard InChI is InChI=1S/C29H24Cl2N2O6S/c1-5-38-28(35)24-15(2)32-29-33(26(24)16-9-11-21(36-3)22(13-16)37-4)27(34)23(40-29)14-17-10-12-20(39-17)18-7-6-8-19(30)25(18)31/h6-14,26H,5H2,1-4H3/b23-14-/t26-/m0/s1. The Labute approximate surface area is 243 Å². The summed E-state index contributed by atoms with van der Waals surface area (Å²) in [5.74, 6) is 1.38. The van der Waals surface area contributed by atoms with E-state index in [0.29, 0.717) is 59.2 Å². The normalized spacial score (nSPS) is 15.1. The molecule has 0 spiro atoms. The van der Waals surface area contributed by atoms with Gasteiger partial charge in [0.1, 0.15) is 11.5 Å². The van der Waals surface area contributed by atoms with Crippen molar-refractivity contribution in [2.45, 2.75) is 19.9 Å². The van der Waals surface area contributed by atoms with E-state index in [2.05, 4.69) is 4.99 Å². The highest BCUT2D eigenvalue weighted by molar-refractivity contribution is 7.07. The molecular formula is C29H24Cl2N2O6S. The number of aromatic nitrogens is 1. The van der Waals surface area contributed by atoms with Gasteiger partial charge < -0.3 is 18.6 Å². The Morgan fingerprint density at radius 3 is 2.62 bits per heavy atom. The van der Waals surface area contributed by atoms with Gasteiger partial charge >= 0.3 is 5.97 Å². The third-order valence-corrected chi connectivity index (χ3v) is 8.16. The van der Waals surface area contributed by atoms with Crippen LogP contribution in [0, 0.1) is 0 Å². The number of methoxy groups -OCH3 is 2. The SMILES string of the molecule is CCOC(=O)C1=C(C)N=c2s/c(=C\c3ccc(-c4cccc(Cl)c4Cl)o3)c(=O)n2[C@H]1c1ccc(OC)c(OC)c1. The van der Waals surface area contributed by atoms with Gasteiger partial charge in [0.15, 0.2) is 16.3 Å². The molecule has 2 aromatic carbocycles. The third kappa shape index (κ3) is 4.96. The molecule has 1 aliphatic heterocycles. The van der Waals surface area contributed by atoms with Crippen LogP contribution in [0.1, 0.15) is 31.2 Å². The summed E-state index contributed by atoms with van der Waals surface area (Å²) in [7, 11) is 3.06. The molecule has 1 aliphatic rings. The van der Waals surface area contributed by atoms with Gasteiger partial charge in [0, 0.05) is 11.6 Å². The zero-order valence-electron chi connectivity index (χ0n) is 22.0. The minimum atomic E-state index is -0.797. The minimum Gasteiger partial charge on any atom is -0.493 e. The lowest BCUT2D eigenvalue weighted by Crippen LogP contribution is -2.39. The molecule has 0 bridgehead atoms. The summed E-state index contributed by atoms with van der Waals surface area (Å²) in [6.45, 7) is 3.63. The van der Waals surface area contributed by atoms with Gasteiger partial charge in [-0.15, -0.1) is 0 Å². The van der Waals surface area contributed by atoms with E-state index in [4.69, 9.17) is 41.8 Å². The number of rotatable bonds is 7. The summed E-state index contributed by atoms with van der Waals surface area (Å²) < 4.78 is 24.1. The van der Waals surface area contributed by atoms with Crippen LogP contribution in [0.15, 0.2) is 74.0 Å². The predicted octanol–water partition coefficient (Wildman–Crippen LogP) is 5.38. The van der Waals surface area contributed by atoms with Crippen LogP contribution in [-0.2, 0) is 9.53 Å². The molecule has 2 aromatic heterocycles. The number of fused-ring (bicyclic) bond motifs is 1. The van der Waals surface area contributed by atoms with Crippen molar-refractivity contribution in [3.8, 4) is 22.8 Å². The van der Waals surface area contributed by atoms with Crippen molar-refractivity contribution in [3.05, 3.63) is 101 Å². The molecule has 8 nitrogen and oxygen atoms in total. The Balaban J connectivity index is 1.66. The van der Waals surface area contributed by atoms with Gasteiger partial charge in [0.2, 0.25) is 0 Å².